The van der Waals surface area contributed by atoms with Gasteiger partial charge < -0.3 is 18.8 Å². The zero-order chi connectivity index (χ0) is 18.5. The van der Waals surface area contributed by atoms with Crippen molar-refractivity contribution in [3.05, 3.63) is 66.0 Å². The van der Waals surface area contributed by atoms with Crippen LogP contribution in [0.5, 0.6) is 11.5 Å². The van der Waals surface area contributed by atoms with Crippen LogP contribution >= 0.6 is 0 Å². The average Bonchev–Trinajstić information content (AvgIpc) is 3.14. The molecular formula is C20H20N2O4. The fourth-order valence-corrected chi connectivity index (χ4v) is 2.80. The van der Waals surface area contributed by atoms with Crippen molar-refractivity contribution in [2.24, 2.45) is 0 Å². The highest BCUT2D eigenvalue weighted by atomic mass is 16.5. The maximum absolute atomic E-state index is 11.6. The first kappa shape index (κ1) is 17.5. The summed E-state index contributed by atoms with van der Waals surface area (Å²) < 4.78 is 17.7. The zero-order valence-electron chi connectivity index (χ0n) is 14.9. The summed E-state index contributed by atoms with van der Waals surface area (Å²) in [6.45, 7) is 0.595. The molecule has 2 aromatic carbocycles. The van der Waals surface area contributed by atoms with E-state index in [2.05, 4.69) is 4.98 Å². The number of esters is 1. The minimum atomic E-state index is -0.348. The first-order chi connectivity index (χ1) is 12.7. The van der Waals surface area contributed by atoms with Gasteiger partial charge in [0.05, 0.1) is 26.9 Å². The van der Waals surface area contributed by atoms with E-state index in [9.17, 15) is 4.79 Å². The summed E-state index contributed by atoms with van der Waals surface area (Å²) in [4.78, 5) is 16.0. The molecule has 0 unspecified atom stereocenters. The Balaban J connectivity index is 1.94. The topological polar surface area (TPSA) is 62.6 Å². The lowest BCUT2D eigenvalue weighted by Crippen LogP contribution is -2.05. The fourth-order valence-electron chi connectivity index (χ4n) is 2.80. The average molecular weight is 352 g/mol. The molecule has 0 aliphatic heterocycles. The molecule has 0 fully saturated rings. The van der Waals surface area contributed by atoms with Gasteiger partial charge in [0.25, 0.3) is 0 Å². The van der Waals surface area contributed by atoms with E-state index in [4.69, 9.17) is 14.2 Å². The highest BCUT2D eigenvalue weighted by Gasteiger charge is 2.17. The highest BCUT2D eigenvalue weighted by molar-refractivity contribution is 5.89. The van der Waals surface area contributed by atoms with Gasteiger partial charge in [0.15, 0.2) is 0 Å². The maximum Gasteiger partial charge on any atom is 0.337 e. The van der Waals surface area contributed by atoms with Crippen molar-refractivity contribution in [1.29, 1.82) is 0 Å². The quantitative estimate of drug-likeness (QED) is 0.636. The molecule has 0 amide bonds. The Kier molecular flexibility index (Phi) is 5.22. The van der Waals surface area contributed by atoms with E-state index in [0.29, 0.717) is 23.6 Å². The van der Waals surface area contributed by atoms with Gasteiger partial charge in [-0.1, -0.05) is 18.2 Å². The summed E-state index contributed by atoms with van der Waals surface area (Å²) in [7, 11) is 4.61. The first-order valence-corrected chi connectivity index (χ1v) is 8.07. The van der Waals surface area contributed by atoms with Gasteiger partial charge in [-0.05, 0) is 29.8 Å². The molecule has 0 aliphatic carbocycles. The summed E-state index contributed by atoms with van der Waals surface area (Å²) >= 11 is 0. The molecule has 3 rings (SSSR count). The lowest BCUT2D eigenvalue weighted by Gasteiger charge is -2.14. The summed E-state index contributed by atoms with van der Waals surface area (Å²) in [6, 6.07) is 12.9. The van der Waals surface area contributed by atoms with Crippen molar-refractivity contribution in [3.8, 4) is 22.9 Å². The Morgan fingerprint density at radius 2 is 1.65 bits per heavy atom. The molecule has 134 valence electrons. The highest BCUT2D eigenvalue weighted by Crippen LogP contribution is 2.37. The molecule has 0 bridgehead atoms. The van der Waals surface area contributed by atoms with Gasteiger partial charge in [0, 0.05) is 18.9 Å². The van der Waals surface area contributed by atoms with Crippen LogP contribution < -0.4 is 9.47 Å². The fraction of sp³-hybridized carbons (Fsp3) is 0.200. The molecular weight excluding hydrogens is 332 g/mol. The third-order valence-corrected chi connectivity index (χ3v) is 4.09. The molecule has 0 atom stereocenters. The number of carbonyl (C=O) groups is 1. The predicted octanol–water partition coefficient (Wildman–Crippen LogP) is 3.40. The molecule has 26 heavy (non-hydrogen) atoms. The van der Waals surface area contributed by atoms with Crippen LogP contribution in [0, 0.1) is 0 Å². The molecule has 6 heteroatoms. The van der Waals surface area contributed by atoms with Crippen LogP contribution in [0.3, 0.4) is 0 Å². The van der Waals surface area contributed by atoms with Crippen LogP contribution in [-0.2, 0) is 11.3 Å². The summed E-state index contributed by atoms with van der Waals surface area (Å²) in [6.07, 6.45) is 3.64. The van der Waals surface area contributed by atoms with Crippen molar-refractivity contribution in [1.82, 2.24) is 9.55 Å². The van der Waals surface area contributed by atoms with Gasteiger partial charge in [-0.2, -0.15) is 0 Å². The third-order valence-electron chi connectivity index (χ3n) is 4.09. The lowest BCUT2D eigenvalue weighted by atomic mass is 10.1. The molecule has 3 aromatic rings. The van der Waals surface area contributed by atoms with Gasteiger partial charge >= 0.3 is 5.97 Å². The number of carbonyl (C=O) groups excluding carboxylic acids is 1. The van der Waals surface area contributed by atoms with Crippen LogP contribution in [0.2, 0.25) is 0 Å². The summed E-state index contributed by atoms with van der Waals surface area (Å²) in [5.41, 5.74) is 2.35. The number of imidazole rings is 1. The second-order valence-electron chi connectivity index (χ2n) is 5.60. The van der Waals surface area contributed by atoms with Crippen molar-refractivity contribution >= 4 is 5.97 Å². The standard InChI is InChI=1S/C20H20N2O4/c1-24-16-5-4-6-17(25-2)18(16)19-21-11-12-22(19)13-14-7-9-15(10-8-14)20(23)26-3/h4-12H,13H2,1-3H3. The monoisotopic (exact) mass is 352 g/mol. The molecule has 1 heterocycles. The smallest absolute Gasteiger partial charge is 0.337 e. The van der Waals surface area contributed by atoms with Gasteiger partial charge in [-0.15, -0.1) is 0 Å². The van der Waals surface area contributed by atoms with E-state index in [-0.39, 0.29) is 5.97 Å². The van der Waals surface area contributed by atoms with Crippen LogP contribution in [0.15, 0.2) is 54.9 Å². The van der Waals surface area contributed by atoms with Crippen LogP contribution in [0.1, 0.15) is 15.9 Å². The molecule has 0 spiro atoms. The molecule has 0 aliphatic rings. The van der Waals surface area contributed by atoms with Crippen molar-refractivity contribution in [2.75, 3.05) is 21.3 Å². The largest absolute Gasteiger partial charge is 0.496 e. The second-order valence-corrected chi connectivity index (χ2v) is 5.60. The maximum atomic E-state index is 11.6. The number of methoxy groups -OCH3 is 3. The summed E-state index contributed by atoms with van der Waals surface area (Å²) in [5.74, 6) is 1.78. The number of hydrogen-bond donors (Lipinski definition) is 0. The van der Waals surface area contributed by atoms with Crippen LogP contribution in [0.25, 0.3) is 11.4 Å². The predicted molar refractivity (Wildman–Crippen MR) is 97.7 cm³/mol. The Morgan fingerprint density at radius 3 is 2.23 bits per heavy atom. The first-order valence-electron chi connectivity index (χ1n) is 8.07. The minimum absolute atomic E-state index is 0.348. The van der Waals surface area contributed by atoms with E-state index in [1.54, 1.807) is 32.5 Å². The van der Waals surface area contributed by atoms with Gasteiger partial charge in [0.1, 0.15) is 22.9 Å². The van der Waals surface area contributed by atoms with E-state index in [1.165, 1.54) is 7.11 Å². The van der Waals surface area contributed by atoms with Crippen molar-refractivity contribution in [3.63, 3.8) is 0 Å². The number of aromatic nitrogens is 2. The number of hydrogen-bond acceptors (Lipinski definition) is 5. The minimum Gasteiger partial charge on any atom is -0.496 e. The van der Waals surface area contributed by atoms with Gasteiger partial charge in [-0.3, -0.25) is 0 Å². The molecule has 0 N–H and O–H groups in total. The third kappa shape index (κ3) is 3.39. The summed E-state index contributed by atoms with van der Waals surface area (Å²) in [5, 5.41) is 0. The Bertz CT molecular complexity index is 878. The molecule has 0 saturated heterocycles. The lowest BCUT2D eigenvalue weighted by molar-refractivity contribution is 0.0600. The Morgan fingerprint density at radius 1 is 1.00 bits per heavy atom. The number of nitrogens with zero attached hydrogens (tertiary/aromatic N) is 2. The van der Waals surface area contributed by atoms with Crippen molar-refractivity contribution < 1.29 is 19.0 Å². The number of benzene rings is 2. The second kappa shape index (κ2) is 7.74. The van der Waals surface area contributed by atoms with Crippen molar-refractivity contribution in [2.45, 2.75) is 6.54 Å². The molecule has 1 aromatic heterocycles. The molecule has 0 radical (unpaired) electrons. The van der Waals surface area contributed by atoms with Crippen LogP contribution in [-0.4, -0.2) is 36.8 Å². The normalized spacial score (nSPS) is 10.4. The van der Waals surface area contributed by atoms with Gasteiger partial charge in [0.2, 0.25) is 0 Å². The Labute approximate surface area is 152 Å². The van der Waals surface area contributed by atoms with E-state index >= 15 is 0 Å². The van der Waals surface area contributed by atoms with E-state index < -0.39 is 0 Å². The molecule has 6 nitrogen and oxygen atoms in total. The van der Waals surface area contributed by atoms with Gasteiger partial charge in [-0.25, -0.2) is 9.78 Å². The molecule has 0 saturated carbocycles. The number of rotatable bonds is 6. The van der Waals surface area contributed by atoms with E-state index in [1.807, 2.05) is 41.1 Å². The van der Waals surface area contributed by atoms with Crippen LogP contribution in [0.4, 0.5) is 0 Å². The zero-order valence-corrected chi connectivity index (χ0v) is 14.9. The van der Waals surface area contributed by atoms with E-state index in [0.717, 1.165) is 17.0 Å². The Hall–Kier alpha value is -3.28. The SMILES string of the molecule is COC(=O)c1ccc(Cn2ccnc2-c2c(OC)cccc2OC)cc1. The number of ether oxygens (including phenoxy) is 3.